The lowest BCUT2D eigenvalue weighted by molar-refractivity contribution is -0.143. The molecule has 0 bridgehead atoms. The Labute approximate surface area is 152 Å². The number of H-pyrrole nitrogens is 1. The predicted molar refractivity (Wildman–Crippen MR) is 100 cm³/mol. The lowest BCUT2D eigenvalue weighted by Gasteiger charge is -2.07. The molecule has 0 atom stereocenters. The second kappa shape index (κ2) is 7.17. The lowest BCUT2D eigenvalue weighted by atomic mass is 10.1. The van der Waals surface area contributed by atoms with Gasteiger partial charge in [-0.1, -0.05) is 12.1 Å². The van der Waals surface area contributed by atoms with Gasteiger partial charge in [-0.25, -0.2) is 9.36 Å². The molecule has 136 valence electrons. The molecule has 3 aromatic rings. The van der Waals surface area contributed by atoms with E-state index >= 15 is 0 Å². The van der Waals surface area contributed by atoms with Crippen molar-refractivity contribution in [2.45, 2.75) is 20.4 Å². The highest BCUT2D eigenvalue weighted by molar-refractivity contribution is 7.22. The normalized spacial score (nSPS) is 10.9. The van der Waals surface area contributed by atoms with Crippen LogP contribution in [0.2, 0.25) is 0 Å². The quantitative estimate of drug-likeness (QED) is 0.692. The minimum atomic E-state index is -0.636. The van der Waals surface area contributed by atoms with Crippen molar-refractivity contribution in [1.29, 1.82) is 0 Å². The van der Waals surface area contributed by atoms with Crippen LogP contribution in [0.15, 0.2) is 33.9 Å². The third kappa shape index (κ3) is 3.03. The van der Waals surface area contributed by atoms with Crippen molar-refractivity contribution in [2.24, 2.45) is 0 Å². The molecular formula is C18H18N2O5S. The van der Waals surface area contributed by atoms with Gasteiger partial charge in [-0.15, -0.1) is 11.3 Å². The molecule has 1 N–H and O–H groups in total. The van der Waals surface area contributed by atoms with Crippen molar-refractivity contribution in [1.82, 2.24) is 9.55 Å². The Morgan fingerprint density at radius 2 is 2.00 bits per heavy atom. The SMILES string of the molecule is CCOC(=O)Cn1c(=O)[nH]c2sc(-c3ccccc3OC)c(C)c2c1=O. The molecule has 7 nitrogen and oxygen atoms in total. The highest BCUT2D eigenvalue weighted by Crippen LogP contribution is 2.39. The second-order valence-electron chi connectivity index (χ2n) is 5.59. The fraction of sp³-hybridized carbons (Fsp3) is 0.278. The number of hydrogen-bond acceptors (Lipinski definition) is 6. The number of nitrogens with one attached hydrogen (secondary N) is 1. The molecule has 2 heterocycles. The van der Waals surface area contributed by atoms with Crippen LogP contribution in [0.1, 0.15) is 12.5 Å². The summed E-state index contributed by atoms with van der Waals surface area (Å²) in [7, 11) is 1.58. The van der Waals surface area contributed by atoms with Crippen molar-refractivity contribution < 1.29 is 14.3 Å². The maximum Gasteiger partial charge on any atom is 0.329 e. The molecule has 0 aliphatic heterocycles. The molecular weight excluding hydrogens is 356 g/mol. The number of ether oxygens (including phenoxy) is 2. The van der Waals surface area contributed by atoms with Crippen LogP contribution in [-0.4, -0.2) is 29.2 Å². The summed E-state index contributed by atoms with van der Waals surface area (Å²) in [6.07, 6.45) is 0. The molecule has 0 amide bonds. The number of nitrogens with zero attached hydrogens (tertiary/aromatic N) is 1. The molecule has 0 aliphatic carbocycles. The van der Waals surface area contributed by atoms with Crippen LogP contribution in [0.3, 0.4) is 0 Å². The molecule has 1 aromatic carbocycles. The van der Waals surface area contributed by atoms with Crippen LogP contribution < -0.4 is 16.0 Å². The van der Waals surface area contributed by atoms with Crippen LogP contribution in [0, 0.1) is 6.92 Å². The Morgan fingerprint density at radius 1 is 1.27 bits per heavy atom. The number of rotatable bonds is 5. The Bertz CT molecular complexity index is 1090. The fourth-order valence-electron chi connectivity index (χ4n) is 2.82. The number of aromatic amines is 1. The van der Waals surface area contributed by atoms with E-state index < -0.39 is 23.8 Å². The van der Waals surface area contributed by atoms with E-state index in [9.17, 15) is 14.4 Å². The lowest BCUT2D eigenvalue weighted by Crippen LogP contribution is -2.37. The average Bonchev–Trinajstić information content (AvgIpc) is 2.95. The molecule has 0 unspecified atom stereocenters. The van der Waals surface area contributed by atoms with Gasteiger partial charge in [0.05, 0.1) is 19.1 Å². The minimum absolute atomic E-state index is 0.184. The van der Waals surface area contributed by atoms with Gasteiger partial charge in [0.1, 0.15) is 17.1 Å². The molecule has 0 saturated carbocycles. The molecule has 0 aliphatic rings. The first kappa shape index (κ1) is 17.9. The van der Waals surface area contributed by atoms with Gasteiger partial charge >= 0.3 is 11.7 Å². The van der Waals surface area contributed by atoms with Crippen LogP contribution in [0.25, 0.3) is 20.7 Å². The number of carbonyl (C=O) groups excluding carboxylic acids is 1. The van der Waals surface area contributed by atoms with E-state index in [2.05, 4.69) is 4.98 Å². The van der Waals surface area contributed by atoms with Gasteiger partial charge in [0.2, 0.25) is 0 Å². The predicted octanol–water partition coefficient (Wildman–Crippen LogP) is 2.30. The first-order chi connectivity index (χ1) is 12.5. The first-order valence-corrected chi connectivity index (χ1v) is 8.84. The standard InChI is InChI=1S/C18H18N2O5S/c1-4-25-13(21)9-20-17(22)14-10(2)15(26-16(14)19-18(20)23)11-7-5-6-8-12(11)24-3/h5-8H,4,9H2,1-3H3,(H,19,23). The zero-order valence-corrected chi connectivity index (χ0v) is 15.4. The van der Waals surface area contributed by atoms with Gasteiger partial charge in [0.15, 0.2) is 0 Å². The first-order valence-electron chi connectivity index (χ1n) is 8.03. The van der Waals surface area contributed by atoms with Gasteiger partial charge in [0, 0.05) is 10.4 Å². The summed E-state index contributed by atoms with van der Waals surface area (Å²) in [5, 5.41) is 0.389. The molecule has 0 fully saturated rings. The largest absolute Gasteiger partial charge is 0.496 e. The number of aromatic nitrogens is 2. The third-order valence-electron chi connectivity index (χ3n) is 4.02. The topological polar surface area (TPSA) is 90.4 Å². The number of para-hydroxylation sites is 1. The van der Waals surface area contributed by atoms with Crippen molar-refractivity contribution >= 4 is 27.5 Å². The number of esters is 1. The summed E-state index contributed by atoms with van der Waals surface area (Å²) < 4.78 is 11.1. The van der Waals surface area contributed by atoms with E-state index in [0.29, 0.717) is 16.0 Å². The van der Waals surface area contributed by atoms with Gasteiger partial charge in [-0.2, -0.15) is 0 Å². The fourth-order valence-corrected chi connectivity index (χ4v) is 4.04. The average molecular weight is 374 g/mol. The summed E-state index contributed by atoms with van der Waals surface area (Å²) in [6, 6.07) is 7.47. The maximum atomic E-state index is 12.8. The monoisotopic (exact) mass is 374 g/mol. The van der Waals surface area contributed by atoms with E-state index in [1.807, 2.05) is 31.2 Å². The highest BCUT2D eigenvalue weighted by Gasteiger charge is 2.20. The number of hydrogen-bond donors (Lipinski definition) is 1. The molecule has 3 rings (SSSR count). The molecule has 0 spiro atoms. The Morgan fingerprint density at radius 3 is 2.69 bits per heavy atom. The zero-order valence-electron chi connectivity index (χ0n) is 14.6. The highest BCUT2D eigenvalue weighted by atomic mass is 32.1. The van der Waals surface area contributed by atoms with Crippen molar-refractivity contribution in [2.75, 3.05) is 13.7 Å². The number of fused-ring (bicyclic) bond motifs is 1. The Kier molecular flexibility index (Phi) is 4.94. The number of thiophene rings is 1. The van der Waals surface area contributed by atoms with Crippen molar-refractivity contribution in [3.05, 3.63) is 50.7 Å². The summed E-state index contributed by atoms with van der Waals surface area (Å²) in [4.78, 5) is 40.8. The summed E-state index contributed by atoms with van der Waals surface area (Å²) in [6.45, 7) is 3.24. The van der Waals surface area contributed by atoms with Crippen LogP contribution in [0.4, 0.5) is 0 Å². The smallest absolute Gasteiger partial charge is 0.329 e. The molecule has 0 radical (unpaired) electrons. The molecule has 0 saturated heterocycles. The van der Waals surface area contributed by atoms with E-state index in [4.69, 9.17) is 9.47 Å². The number of aryl methyl sites for hydroxylation is 1. The Hall–Kier alpha value is -2.87. The summed E-state index contributed by atoms with van der Waals surface area (Å²) >= 11 is 1.31. The Balaban J connectivity index is 2.21. The van der Waals surface area contributed by atoms with E-state index in [-0.39, 0.29) is 6.61 Å². The van der Waals surface area contributed by atoms with Crippen molar-refractivity contribution in [3.8, 4) is 16.2 Å². The van der Waals surface area contributed by atoms with Gasteiger partial charge in [0.25, 0.3) is 5.56 Å². The number of carbonyl (C=O) groups is 1. The molecule has 8 heteroatoms. The van der Waals surface area contributed by atoms with Crippen molar-refractivity contribution in [3.63, 3.8) is 0 Å². The van der Waals surface area contributed by atoms with Crippen LogP contribution in [0.5, 0.6) is 5.75 Å². The van der Waals surface area contributed by atoms with E-state index in [0.717, 1.165) is 20.6 Å². The second-order valence-corrected chi connectivity index (χ2v) is 6.61. The maximum absolute atomic E-state index is 12.8. The van der Waals surface area contributed by atoms with E-state index in [1.54, 1.807) is 14.0 Å². The van der Waals surface area contributed by atoms with Gasteiger partial charge in [-0.3, -0.25) is 14.6 Å². The minimum Gasteiger partial charge on any atom is -0.496 e. The third-order valence-corrected chi connectivity index (χ3v) is 5.26. The van der Waals surface area contributed by atoms with E-state index in [1.165, 1.54) is 11.3 Å². The number of benzene rings is 1. The van der Waals surface area contributed by atoms with Gasteiger partial charge in [-0.05, 0) is 31.5 Å². The van der Waals surface area contributed by atoms with Crippen LogP contribution >= 0.6 is 11.3 Å². The molecule has 2 aromatic heterocycles. The van der Waals surface area contributed by atoms with Gasteiger partial charge < -0.3 is 9.47 Å². The zero-order chi connectivity index (χ0) is 18.8. The molecule has 26 heavy (non-hydrogen) atoms. The van der Waals surface area contributed by atoms with Crippen LogP contribution in [-0.2, 0) is 16.1 Å². The summed E-state index contributed by atoms with van der Waals surface area (Å²) in [5.41, 5.74) is 0.425. The summed E-state index contributed by atoms with van der Waals surface area (Å²) in [5.74, 6) is 0.0497. The number of methoxy groups -OCH3 is 1.